The van der Waals surface area contributed by atoms with Crippen LogP contribution in [0, 0.1) is 0 Å². The second-order valence-electron chi connectivity index (χ2n) is 7.29. The molecule has 0 saturated carbocycles. The molecule has 0 bridgehead atoms. The lowest BCUT2D eigenvalue weighted by Gasteiger charge is -2.17. The van der Waals surface area contributed by atoms with Crippen molar-refractivity contribution in [1.82, 2.24) is 24.6 Å². The standard InChI is InChI=1S/C24H27N7O/c1-4-30(5-2)16-19-11-9-18(10-12-19)14-27-29-23-22-15-28-31(24(22)26-17-25-23)20-7-6-8-21(13-20)32-3/h6-15,17H,4-5,16H2,1-3H3,(H,25,26,29). The number of rotatable bonds is 9. The van der Waals surface area contributed by atoms with E-state index in [4.69, 9.17) is 4.74 Å². The van der Waals surface area contributed by atoms with Gasteiger partial charge in [-0.25, -0.2) is 14.6 Å². The lowest BCUT2D eigenvalue weighted by atomic mass is 10.1. The minimum atomic E-state index is 0.596. The monoisotopic (exact) mass is 429 g/mol. The first-order chi connectivity index (χ1) is 15.7. The van der Waals surface area contributed by atoms with Crippen molar-refractivity contribution in [2.24, 2.45) is 5.10 Å². The fourth-order valence-electron chi connectivity index (χ4n) is 3.45. The number of hydrogen-bond acceptors (Lipinski definition) is 7. The maximum absolute atomic E-state index is 5.31. The van der Waals surface area contributed by atoms with Gasteiger partial charge in [0.05, 0.1) is 30.6 Å². The smallest absolute Gasteiger partial charge is 0.168 e. The highest BCUT2D eigenvalue weighted by Gasteiger charge is 2.11. The van der Waals surface area contributed by atoms with Crippen LogP contribution in [0.15, 0.2) is 66.2 Å². The Balaban J connectivity index is 1.49. The van der Waals surface area contributed by atoms with Crippen molar-refractivity contribution in [2.45, 2.75) is 20.4 Å². The number of nitrogens with zero attached hydrogens (tertiary/aromatic N) is 6. The summed E-state index contributed by atoms with van der Waals surface area (Å²) in [4.78, 5) is 11.1. The van der Waals surface area contributed by atoms with Crippen LogP contribution in [0.4, 0.5) is 5.82 Å². The summed E-state index contributed by atoms with van der Waals surface area (Å²) in [6.07, 6.45) is 5.01. The molecule has 0 atom stereocenters. The number of hydrogen-bond donors (Lipinski definition) is 1. The first-order valence-corrected chi connectivity index (χ1v) is 10.6. The van der Waals surface area contributed by atoms with Crippen LogP contribution in [0.3, 0.4) is 0 Å². The minimum absolute atomic E-state index is 0.596. The Morgan fingerprint density at radius 1 is 1.09 bits per heavy atom. The molecule has 8 nitrogen and oxygen atoms in total. The van der Waals surface area contributed by atoms with Gasteiger partial charge in [0.2, 0.25) is 0 Å². The molecule has 0 spiro atoms. The average molecular weight is 430 g/mol. The zero-order valence-electron chi connectivity index (χ0n) is 18.6. The highest BCUT2D eigenvalue weighted by atomic mass is 16.5. The van der Waals surface area contributed by atoms with Gasteiger partial charge in [0.1, 0.15) is 12.1 Å². The highest BCUT2D eigenvalue weighted by Crippen LogP contribution is 2.23. The van der Waals surface area contributed by atoms with Crippen LogP contribution in [0.2, 0.25) is 0 Å². The molecule has 0 aliphatic heterocycles. The first-order valence-electron chi connectivity index (χ1n) is 10.6. The van der Waals surface area contributed by atoms with E-state index in [0.717, 1.165) is 42.0 Å². The fraction of sp³-hybridized carbons (Fsp3) is 0.250. The number of anilines is 1. The van der Waals surface area contributed by atoms with Crippen LogP contribution in [0.25, 0.3) is 16.7 Å². The zero-order valence-corrected chi connectivity index (χ0v) is 18.6. The lowest BCUT2D eigenvalue weighted by Crippen LogP contribution is -2.21. The van der Waals surface area contributed by atoms with Crippen LogP contribution in [0.5, 0.6) is 5.75 Å². The van der Waals surface area contributed by atoms with E-state index in [2.05, 4.69) is 68.6 Å². The van der Waals surface area contributed by atoms with Gasteiger partial charge in [-0.1, -0.05) is 44.2 Å². The van der Waals surface area contributed by atoms with E-state index < -0.39 is 0 Å². The molecule has 0 unspecified atom stereocenters. The Morgan fingerprint density at radius 2 is 1.91 bits per heavy atom. The van der Waals surface area contributed by atoms with Gasteiger partial charge in [-0.05, 0) is 36.3 Å². The van der Waals surface area contributed by atoms with Gasteiger partial charge in [0, 0.05) is 12.6 Å². The molecular weight excluding hydrogens is 402 g/mol. The molecule has 32 heavy (non-hydrogen) atoms. The van der Waals surface area contributed by atoms with Crippen LogP contribution in [-0.4, -0.2) is 51.1 Å². The molecule has 0 aliphatic carbocycles. The first kappa shape index (κ1) is 21.5. The molecule has 2 aromatic heterocycles. The zero-order chi connectivity index (χ0) is 22.3. The second kappa shape index (κ2) is 10.0. The number of methoxy groups -OCH3 is 1. The fourth-order valence-corrected chi connectivity index (χ4v) is 3.45. The van der Waals surface area contributed by atoms with E-state index in [0.29, 0.717) is 11.5 Å². The van der Waals surface area contributed by atoms with Gasteiger partial charge in [0.15, 0.2) is 11.5 Å². The molecule has 4 rings (SSSR count). The Labute approximate surface area is 187 Å². The Kier molecular flexibility index (Phi) is 6.72. The third kappa shape index (κ3) is 4.76. The van der Waals surface area contributed by atoms with Crippen LogP contribution >= 0.6 is 0 Å². The van der Waals surface area contributed by atoms with Crippen LogP contribution in [-0.2, 0) is 6.54 Å². The molecular formula is C24H27N7O. The van der Waals surface area contributed by atoms with E-state index >= 15 is 0 Å². The number of benzene rings is 2. The number of ether oxygens (including phenoxy) is 1. The molecule has 2 heterocycles. The maximum Gasteiger partial charge on any atom is 0.168 e. The maximum atomic E-state index is 5.31. The van der Waals surface area contributed by atoms with Gasteiger partial charge >= 0.3 is 0 Å². The predicted octanol–water partition coefficient (Wildman–Crippen LogP) is 4.11. The largest absolute Gasteiger partial charge is 0.497 e. The quantitative estimate of drug-likeness (QED) is 0.319. The van der Waals surface area contributed by atoms with Gasteiger partial charge in [-0.15, -0.1) is 0 Å². The molecule has 0 saturated heterocycles. The molecule has 0 fully saturated rings. The Bertz CT molecular complexity index is 1200. The van der Waals surface area contributed by atoms with E-state index in [1.165, 1.54) is 11.9 Å². The van der Waals surface area contributed by atoms with Crippen molar-refractivity contribution in [3.63, 3.8) is 0 Å². The summed E-state index contributed by atoms with van der Waals surface area (Å²) in [5, 5.41) is 9.62. The molecule has 1 N–H and O–H groups in total. The molecule has 0 amide bonds. The van der Waals surface area contributed by atoms with Crippen LogP contribution < -0.4 is 10.2 Å². The normalized spacial score (nSPS) is 11.5. The van der Waals surface area contributed by atoms with Gasteiger partial charge in [-0.2, -0.15) is 10.2 Å². The van der Waals surface area contributed by atoms with Crippen molar-refractivity contribution < 1.29 is 4.74 Å². The summed E-state index contributed by atoms with van der Waals surface area (Å²) in [6.45, 7) is 7.41. The number of hydrazone groups is 1. The van der Waals surface area contributed by atoms with Crippen molar-refractivity contribution in [3.05, 3.63) is 72.2 Å². The number of nitrogens with one attached hydrogen (secondary N) is 1. The molecule has 0 radical (unpaired) electrons. The average Bonchev–Trinajstić information content (AvgIpc) is 3.28. The van der Waals surface area contributed by atoms with Crippen LogP contribution in [0.1, 0.15) is 25.0 Å². The van der Waals surface area contributed by atoms with E-state index in [9.17, 15) is 0 Å². The Morgan fingerprint density at radius 3 is 2.66 bits per heavy atom. The number of fused-ring (bicyclic) bond motifs is 1. The third-order valence-electron chi connectivity index (χ3n) is 5.33. The van der Waals surface area contributed by atoms with Crippen molar-refractivity contribution in [2.75, 3.05) is 25.6 Å². The second-order valence-corrected chi connectivity index (χ2v) is 7.29. The van der Waals surface area contributed by atoms with E-state index in [1.807, 2.05) is 24.3 Å². The predicted molar refractivity (Wildman–Crippen MR) is 127 cm³/mol. The molecule has 2 aromatic carbocycles. The Hall–Kier alpha value is -3.78. The molecule has 8 heteroatoms. The van der Waals surface area contributed by atoms with Gasteiger partial charge in [0.25, 0.3) is 0 Å². The van der Waals surface area contributed by atoms with Gasteiger partial charge in [-0.3, -0.25) is 10.3 Å². The van der Waals surface area contributed by atoms with E-state index in [-0.39, 0.29) is 0 Å². The molecule has 4 aromatic rings. The summed E-state index contributed by atoms with van der Waals surface area (Å²) in [6, 6.07) is 16.1. The molecule has 164 valence electrons. The van der Waals surface area contributed by atoms with Crippen molar-refractivity contribution in [1.29, 1.82) is 0 Å². The lowest BCUT2D eigenvalue weighted by molar-refractivity contribution is 0.296. The SMILES string of the molecule is CCN(CC)Cc1ccc(C=NNc2ncnc3c2cnn3-c2cccc(OC)c2)cc1. The topological polar surface area (TPSA) is 80.5 Å². The molecule has 0 aliphatic rings. The minimum Gasteiger partial charge on any atom is -0.497 e. The summed E-state index contributed by atoms with van der Waals surface area (Å²) in [5.74, 6) is 1.35. The van der Waals surface area contributed by atoms with Crippen molar-refractivity contribution >= 4 is 23.1 Å². The summed E-state index contributed by atoms with van der Waals surface area (Å²) in [7, 11) is 1.64. The summed E-state index contributed by atoms with van der Waals surface area (Å²) in [5.41, 5.74) is 6.87. The summed E-state index contributed by atoms with van der Waals surface area (Å²) >= 11 is 0. The van der Waals surface area contributed by atoms with E-state index in [1.54, 1.807) is 24.2 Å². The highest BCUT2D eigenvalue weighted by molar-refractivity contribution is 5.88. The van der Waals surface area contributed by atoms with Gasteiger partial charge < -0.3 is 4.74 Å². The summed E-state index contributed by atoms with van der Waals surface area (Å²) < 4.78 is 7.07. The number of aromatic nitrogens is 4. The van der Waals surface area contributed by atoms with Crippen molar-refractivity contribution in [3.8, 4) is 11.4 Å². The third-order valence-corrected chi connectivity index (χ3v) is 5.33.